The number of carbonyl (C=O) groups excluding carboxylic acids is 1. The fourth-order valence-electron chi connectivity index (χ4n) is 4.82. The van der Waals surface area contributed by atoms with E-state index >= 15 is 0 Å². The van der Waals surface area contributed by atoms with E-state index in [1.54, 1.807) is 17.0 Å². The molecule has 0 saturated heterocycles. The molecule has 1 aromatic heterocycles. The number of aromatic nitrogens is 1. The molecule has 184 valence electrons. The van der Waals surface area contributed by atoms with Crippen LogP contribution in [0, 0.1) is 11.7 Å². The van der Waals surface area contributed by atoms with Gasteiger partial charge in [-0.3, -0.25) is 9.59 Å². The highest BCUT2D eigenvalue weighted by molar-refractivity contribution is 6.35. The van der Waals surface area contributed by atoms with Gasteiger partial charge in [0.25, 0.3) is 5.56 Å². The Morgan fingerprint density at radius 1 is 1.20 bits per heavy atom. The molecule has 2 heterocycles. The van der Waals surface area contributed by atoms with Gasteiger partial charge < -0.3 is 20.5 Å². The van der Waals surface area contributed by atoms with Gasteiger partial charge >= 0.3 is 0 Å². The predicted molar refractivity (Wildman–Crippen MR) is 138 cm³/mol. The second kappa shape index (κ2) is 9.80. The maximum absolute atomic E-state index is 14.8. The highest BCUT2D eigenvalue weighted by Crippen LogP contribution is 2.37. The van der Waals surface area contributed by atoms with Crippen molar-refractivity contribution in [2.24, 2.45) is 5.92 Å². The summed E-state index contributed by atoms with van der Waals surface area (Å²) in [6, 6.07) is 8.01. The number of amides is 1. The Kier molecular flexibility index (Phi) is 6.75. The fourth-order valence-corrected chi connectivity index (χ4v) is 5.52. The Balaban J connectivity index is 1.30. The van der Waals surface area contributed by atoms with Crippen LogP contribution in [0.4, 0.5) is 10.1 Å². The number of rotatable bonds is 7. The molecule has 9 heteroatoms. The first-order chi connectivity index (χ1) is 16.8. The van der Waals surface area contributed by atoms with E-state index in [-0.39, 0.29) is 35.1 Å². The van der Waals surface area contributed by atoms with Crippen molar-refractivity contribution in [3.05, 3.63) is 73.4 Å². The zero-order valence-electron chi connectivity index (χ0n) is 19.4. The van der Waals surface area contributed by atoms with Gasteiger partial charge in [-0.2, -0.15) is 0 Å². The minimum absolute atomic E-state index is 0.0771. The topological polar surface area (TPSA) is 77.2 Å². The normalized spacial score (nSPS) is 17.5. The quantitative estimate of drug-likeness (QED) is 0.411. The van der Waals surface area contributed by atoms with Crippen LogP contribution in [0.5, 0.6) is 0 Å². The van der Waals surface area contributed by atoms with Gasteiger partial charge in [-0.15, -0.1) is 0 Å². The smallest absolute Gasteiger partial charge is 0.256 e. The minimum Gasteiger partial charge on any atom is -0.374 e. The molecule has 2 aliphatic rings. The van der Waals surface area contributed by atoms with Gasteiger partial charge in [-0.05, 0) is 85.5 Å². The molecule has 3 aromatic rings. The first kappa shape index (κ1) is 24.1. The van der Waals surface area contributed by atoms with Gasteiger partial charge in [0.2, 0.25) is 5.91 Å². The van der Waals surface area contributed by atoms with Crippen molar-refractivity contribution >= 4 is 45.6 Å². The molecule has 0 spiro atoms. The Labute approximate surface area is 212 Å². The lowest BCUT2D eigenvalue weighted by atomic mass is 9.93. The van der Waals surface area contributed by atoms with Gasteiger partial charge in [0.1, 0.15) is 5.82 Å². The molecular weight excluding hydrogens is 490 g/mol. The summed E-state index contributed by atoms with van der Waals surface area (Å²) < 4.78 is 14.8. The summed E-state index contributed by atoms with van der Waals surface area (Å²) in [5.74, 6) is -0.00999. The van der Waals surface area contributed by atoms with E-state index in [0.29, 0.717) is 34.9 Å². The van der Waals surface area contributed by atoms with Crippen molar-refractivity contribution < 1.29 is 9.18 Å². The first-order valence-electron chi connectivity index (χ1n) is 11.9. The lowest BCUT2D eigenvalue weighted by molar-refractivity contribution is -0.131. The SMILES string of the molecule is C[C@H]1c2c(Cl)cc(Cl)cc2CCN1C(=O)CNc1cc2cc(CNCC3CC3)[nH]c(=O)c2cc1F. The van der Waals surface area contributed by atoms with Crippen molar-refractivity contribution in [2.45, 2.75) is 38.8 Å². The maximum Gasteiger partial charge on any atom is 0.256 e. The Morgan fingerprint density at radius 2 is 2.00 bits per heavy atom. The number of halogens is 3. The van der Waals surface area contributed by atoms with E-state index in [0.717, 1.165) is 29.3 Å². The summed E-state index contributed by atoms with van der Waals surface area (Å²) >= 11 is 12.5. The van der Waals surface area contributed by atoms with Crippen LogP contribution in [0.1, 0.15) is 42.6 Å². The molecule has 2 aromatic carbocycles. The number of benzene rings is 2. The van der Waals surface area contributed by atoms with Crippen molar-refractivity contribution in [2.75, 3.05) is 25.0 Å². The van der Waals surface area contributed by atoms with Crippen LogP contribution in [0.15, 0.2) is 35.1 Å². The molecular formula is C26H27Cl2FN4O2. The van der Waals surface area contributed by atoms with E-state index in [4.69, 9.17) is 23.2 Å². The second-order valence-corrected chi connectivity index (χ2v) is 10.3. The molecule has 3 N–H and O–H groups in total. The van der Waals surface area contributed by atoms with E-state index in [1.165, 1.54) is 18.9 Å². The Bertz CT molecular complexity index is 1360. The van der Waals surface area contributed by atoms with Crippen LogP contribution in [0.25, 0.3) is 10.8 Å². The minimum atomic E-state index is -0.579. The zero-order chi connectivity index (χ0) is 24.7. The zero-order valence-corrected chi connectivity index (χ0v) is 20.9. The third-order valence-electron chi connectivity index (χ3n) is 6.87. The summed E-state index contributed by atoms with van der Waals surface area (Å²) in [6.45, 7) is 3.85. The number of aromatic amines is 1. The Hall–Kier alpha value is -2.61. The van der Waals surface area contributed by atoms with Crippen LogP contribution in [-0.4, -0.2) is 35.4 Å². The number of nitrogens with one attached hydrogen (secondary N) is 3. The molecule has 1 fully saturated rings. The molecule has 1 aliphatic carbocycles. The van der Waals surface area contributed by atoms with Gasteiger partial charge in [0.05, 0.1) is 23.7 Å². The molecule has 1 atom stereocenters. The highest BCUT2D eigenvalue weighted by Gasteiger charge is 2.29. The number of anilines is 1. The highest BCUT2D eigenvalue weighted by atomic mass is 35.5. The second-order valence-electron chi connectivity index (χ2n) is 9.44. The number of nitrogens with zero attached hydrogens (tertiary/aromatic N) is 1. The molecule has 0 bridgehead atoms. The standard InChI is InChI=1S/C26H27Cl2FN4O2/c1-14-25-16(6-18(27)9-21(25)28)4-5-33(14)24(34)13-31-23-8-17-7-19(12-30-11-15-2-3-15)32-26(35)20(17)10-22(23)29/h6-10,14-15,30-31H,2-5,11-13H2,1H3,(H,32,35)/t14-/m0/s1. The third kappa shape index (κ3) is 5.17. The summed E-state index contributed by atoms with van der Waals surface area (Å²) in [6.07, 6.45) is 3.15. The van der Waals surface area contributed by atoms with Crippen molar-refractivity contribution in [3.8, 4) is 0 Å². The summed E-state index contributed by atoms with van der Waals surface area (Å²) in [5, 5.41) is 8.30. The summed E-state index contributed by atoms with van der Waals surface area (Å²) in [4.78, 5) is 30.1. The monoisotopic (exact) mass is 516 g/mol. The van der Waals surface area contributed by atoms with Gasteiger partial charge in [-0.25, -0.2) is 4.39 Å². The lowest BCUT2D eigenvalue weighted by Crippen LogP contribution is -2.42. The number of hydrogen-bond donors (Lipinski definition) is 3. The summed E-state index contributed by atoms with van der Waals surface area (Å²) in [5.41, 5.74) is 2.54. The average molecular weight is 517 g/mol. The van der Waals surface area contributed by atoms with Crippen molar-refractivity contribution in [3.63, 3.8) is 0 Å². The number of hydrogen-bond acceptors (Lipinski definition) is 4. The number of carbonyl (C=O) groups is 1. The largest absolute Gasteiger partial charge is 0.374 e. The van der Waals surface area contributed by atoms with E-state index < -0.39 is 5.82 Å². The molecule has 0 radical (unpaired) electrons. The molecule has 35 heavy (non-hydrogen) atoms. The molecule has 0 unspecified atom stereocenters. The maximum atomic E-state index is 14.8. The van der Waals surface area contributed by atoms with Crippen molar-refractivity contribution in [1.82, 2.24) is 15.2 Å². The third-order valence-corrected chi connectivity index (χ3v) is 7.40. The fraction of sp³-hybridized carbons (Fsp3) is 0.385. The predicted octanol–water partition coefficient (Wildman–Crippen LogP) is 5.03. The first-order valence-corrected chi connectivity index (χ1v) is 12.6. The number of pyridine rings is 1. The van der Waals surface area contributed by atoms with E-state index in [1.807, 2.05) is 19.1 Å². The van der Waals surface area contributed by atoms with Crippen molar-refractivity contribution in [1.29, 1.82) is 0 Å². The van der Waals surface area contributed by atoms with Crippen LogP contribution in [0.2, 0.25) is 10.0 Å². The summed E-state index contributed by atoms with van der Waals surface area (Å²) in [7, 11) is 0. The molecule has 5 rings (SSSR count). The van der Waals surface area contributed by atoms with Crippen LogP contribution >= 0.6 is 23.2 Å². The Morgan fingerprint density at radius 3 is 2.77 bits per heavy atom. The average Bonchev–Trinajstić information content (AvgIpc) is 3.62. The van der Waals surface area contributed by atoms with Gasteiger partial charge in [0.15, 0.2) is 0 Å². The number of fused-ring (bicyclic) bond motifs is 2. The lowest BCUT2D eigenvalue weighted by Gasteiger charge is -2.36. The molecule has 1 saturated carbocycles. The van der Waals surface area contributed by atoms with Crippen LogP contribution < -0.4 is 16.2 Å². The van der Waals surface area contributed by atoms with Gasteiger partial charge in [0, 0.05) is 28.8 Å². The van der Waals surface area contributed by atoms with Gasteiger partial charge in [-0.1, -0.05) is 23.2 Å². The van der Waals surface area contributed by atoms with Crippen LogP contribution in [0.3, 0.4) is 0 Å². The molecule has 6 nitrogen and oxygen atoms in total. The van der Waals surface area contributed by atoms with Crippen LogP contribution in [-0.2, 0) is 17.8 Å². The van der Waals surface area contributed by atoms with E-state index in [2.05, 4.69) is 15.6 Å². The number of H-pyrrole nitrogens is 1. The molecule has 1 aliphatic heterocycles. The van der Waals surface area contributed by atoms with E-state index in [9.17, 15) is 14.0 Å². The molecule has 1 amide bonds.